The van der Waals surface area contributed by atoms with Crippen LogP contribution in [0.5, 0.6) is 0 Å². The van der Waals surface area contributed by atoms with E-state index in [2.05, 4.69) is 14.8 Å². The number of nitrogens with zero attached hydrogens (tertiary/aromatic N) is 3. The van der Waals surface area contributed by atoms with E-state index in [-0.39, 0.29) is 10.3 Å². The third-order valence-corrected chi connectivity index (χ3v) is 5.79. The van der Waals surface area contributed by atoms with Crippen molar-refractivity contribution < 1.29 is 8.42 Å². The van der Waals surface area contributed by atoms with Crippen LogP contribution in [0.4, 0.5) is 0 Å². The molecular weight excluding hydrogens is 296 g/mol. The van der Waals surface area contributed by atoms with Crippen molar-refractivity contribution in [2.45, 2.75) is 31.7 Å². The van der Waals surface area contributed by atoms with Gasteiger partial charge < -0.3 is 0 Å². The second-order valence-corrected chi connectivity index (χ2v) is 7.95. The predicted molar refractivity (Wildman–Crippen MR) is 78.2 cm³/mol. The highest BCUT2D eigenvalue weighted by molar-refractivity contribution is 7.91. The molecule has 0 aliphatic carbocycles. The molecule has 0 aliphatic rings. The van der Waals surface area contributed by atoms with Crippen LogP contribution in [0.1, 0.15) is 17.5 Å². The number of thiazole rings is 1. The molecule has 0 saturated carbocycles. The van der Waals surface area contributed by atoms with Crippen molar-refractivity contribution in [3.63, 3.8) is 0 Å². The number of aromatic nitrogens is 3. The maximum atomic E-state index is 12.1. The Morgan fingerprint density at radius 2 is 2.20 bits per heavy atom. The first-order valence-corrected chi connectivity index (χ1v) is 8.59. The molecule has 0 radical (unpaired) electrons. The lowest BCUT2D eigenvalue weighted by Gasteiger charge is -2.12. The SMILES string of the molecule is Cc1nc(S(=O)(=O)NCC(C)Cn2cccn2)sc1C. The van der Waals surface area contributed by atoms with Gasteiger partial charge in [0.25, 0.3) is 10.0 Å². The van der Waals surface area contributed by atoms with Crippen LogP contribution in [0.15, 0.2) is 22.8 Å². The van der Waals surface area contributed by atoms with E-state index in [4.69, 9.17) is 0 Å². The summed E-state index contributed by atoms with van der Waals surface area (Å²) in [6, 6.07) is 1.85. The second kappa shape index (κ2) is 6.02. The van der Waals surface area contributed by atoms with Crippen LogP contribution in [0, 0.1) is 19.8 Å². The van der Waals surface area contributed by atoms with E-state index >= 15 is 0 Å². The van der Waals surface area contributed by atoms with Crippen molar-refractivity contribution in [2.24, 2.45) is 5.92 Å². The van der Waals surface area contributed by atoms with Crippen molar-refractivity contribution in [1.82, 2.24) is 19.5 Å². The topological polar surface area (TPSA) is 76.9 Å². The lowest BCUT2D eigenvalue weighted by atomic mass is 10.2. The Morgan fingerprint density at radius 3 is 2.75 bits per heavy atom. The normalized spacial score (nSPS) is 13.6. The van der Waals surface area contributed by atoms with Gasteiger partial charge in [-0.15, -0.1) is 11.3 Å². The van der Waals surface area contributed by atoms with Gasteiger partial charge in [-0.25, -0.2) is 18.1 Å². The number of nitrogens with one attached hydrogen (secondary N) is 1. The maximum Gasteiger partial charge on any atom is 0.267 e. The molecule has 2 heterocycles. The van der Waals surface area contributed by atoms with E-state index in [9.17, 15) is 8.42 Å². The van der Waals surface area contributed by atoms with Gasteiger partial charge in [0, 0.05) is 30.4 Å². The summed E-state index contributed by atoms with van der Waals surface area (Å²) in [5.41, 5.74) is 0.764. The molecule has 0 fully saturated rings. The smallest absolute Gasteiger partial charge is 0.267 e. The average Bonchev–Trinajstić information content (AvgIpc) is 2.99. The highest BCUT2D eigenvalue weighted by Crippen LogP contribution is 2.20. The number of hydrogen-bond donors (Lipinski definition) is 1. The monoisotopic (exact) mass is 314 g/mol. The number of aryl methyl sites for hydroxylation is 2. The Hall–Kier alpha value is -1.25. The highest BCUT2D eigenvalue weighted by Gasteiger charge is 2.20. The van der Waals surface area contributed by atoms with Crippen molar-refractivity contribution in [1.29, 1.82) is 0 Å². The molecule has 0 aliphatic heterocycles. The standard InChI is InChI=1S/C12H18N4O2S2/c1-9(8-16-6-4-5-13-16)7-14-20(17,18)12-15-10(2)11(3)19-12/h4-6,9,14H,7-8H2,1-3H3. The molecular formula is C12H18N4O2S2. The van der Waals surface area contributed by atoms with Crippen molar-refractivity contribution in [2.75, 3.05) is 6.54 Å². The van der Waals surface area contributed by atoms with Gasteiger partial charge in [-0.05, 0) is 25.8 Å². The van der Waals surface area contributed by atoms with Gasteiger partial charge >= 0.3 is 0 Å². The summed E-state index contributed by atoms with van der Waals surface area (Å²) in [4.78, 5) is 5.01. The van der Waals surface area contributed by atoms with Gasteiger partial charge in [-0.2, -0.15) is 5.10 Å². The van der Waals surface area contributed by atoms with Gasteiger partial charge in [0.05, 0.1) is 5.69 Å². The van der Waals surface area contributed by atoms with E-state index in [0.717, 1.165) is 10.6 Å². The molecule has 0 saturated heterocycles. The van der Waals surface area contributed by atoms with Crippen LogP contribution in [-0.2, 0) is 16.6 Å². The molecule has 2 aromatic rings. The zero-order chi connectivity index (χ0) is 14.8. The molecule has 1 atom stereocenters. The second-order valence-electron chi connectivity index (χ2n) is 4.81. The molecule has 0 bridgehead atoms. The summed E-state index contributed by atoms with van der Waals surface area (Å²) in [6.45, 7) is 6.69. The minimum atomic E-state index is -3.51. The molecule has 0 amide bonds. The lowest BCUT2D eigenvalue weighted by molar-refractivity contribution is 0.443. The van der Waals surface area contributed by atoms with Crippen LogP contribution in [0.25, 0.3) is 0 Å². The molecule has 6 nitrogen and oxygen atoms in total. The molecule has 2 rings (SSSR count). The van der Waals surface area contributed by atoms with Gasteiger partial charge in [0.1, 0.15) is 0 Å². The lowest BCUT2D eigenvalue weighted by Crippen LogP contribution is -2.30. The maximum absolute atomic E-state index is 12.1. The molecule has 110 valence electrons. The summed E-state index contributed by atoms with van der Waals surface area (Å²) in [5, 5.41) is 4.10. The first kappa shape index (κ1) is 15.1. The zero-order valence-corrected chi connectivity index (χ0v) is 13.3. The Balaban J connectivity index is 1.95. The Morgan fingerprint density at radius 1 is 1.45 bits per heavy atom. The largest absolute Gasteiger partial charge is 0.272 e. The number of sulfonamides is 1. The van der Waals surface area contributed by atoms with Crippen molar-refractivity contribution in [3.05, 3.63) is 29.0 Å². The van der Waals surface area contributed by atoms with E-state index in [1.807, 2.05) is 33.0 Å². The van der Waals surface area contributed by atoms with Crippen molar-refractivity contribution >= 4 is 21.4 Å². The summed E-state index contributed by atoms with van der Waals surface area (Å²) in [6.07, 6.45) is 3.57. The Labute approximate surface area is 122 Å². The first-order valence-electron chi connectivity index (χ1n) is 6.29. The fourth-order valence-corrected chi connectivity index (χ4v) is 4.18. The highest BCUT2D eigenvalue weighted by atomic mass is 32.2. The molecule has 1 unspecified atom stereocenters. The van der Waals surface area contributed by atoms with Gasteiger partial charge in [0.2, 0.25) is 4.34 Å². The minimum Gasteiger partial charge on any atom is -0.272 e. The summed E-state index contributed by atoms with van der Waals surface area (Å²) in [7, 11) is -3.51. The van der Waals surface area contributed by atoms with Gasteiger partial charge in [0.15, 0.2) is 0 Å². The van der Waals surface area contributed by atoms with Gasteiger partial charge in [-0.3, -0.25) is 4.68 Å². The van der Waals surface area contributed by atoms with Gasteiger partial charge in [-0.1, -0.05) is 6.92 Å². The first-order chi connectivity index (χ1) is 9.38. The number of hydrogen-bond acceptors (Lipinski definition) is 5. The van der Waals surface area contributed by atoms with E-state index in [0.29, 0.717) is 13.1 Å². The molecule has 8 heteroatoms. The summed E-state index contributed by atoms with van der Waals surface area (Å²) < 4.78 is 28.8. The minimum absolute atomic E-state index is 0.138. The van der Waals surface area contributed by atoms with E-state index in [1.54, 1.807) is 10.9 Å². The average molecular weight is 314 g/mol. The molecule has 1 N–H and O–H groups in total. The summed E-state index contributed by atoms with van der Waals surface area (Å²) in [5.74, 6) is 0.145. The molecule has 0 aromatic carbocycles. The molecule has 20 heavy (non-hydrogen) atoms. The van der Waals surface area contributed by atoms with E-state index < -0.39 is 10.0 Å². The zero-order valence-electron chi connectivity index (χ0n) is 11.7. The van der Waals surface area contributed by atoms with Crippen LogP contribution in [0.2, 0.25) is 0 Å². The molecule has 0 spiro atoms. The summed E-state index contributed by atoms with van der Waals surface area (Å²) >= 11 is 1.20. The third-order valence-electron chi connectivity index (χ3n) is 2.92. The molecule has 2 aromatic heterocycles. The fraction of sp³-hybridized carbons (Fsp3) is 0.500. The van der Waals surface area contributed by atoms with E-state index in [1.165, 1.54) is 11.3 Å². The van der Waals surface area contributed by atoms with Crippen LogP contribution in [0.3, 0.4) is 0 Å². The van der Waals surface area contributed by atoms with Crippen LogP contribution in [-0.4, -0.2) is 29.7 Å². The van der Waals surface area contributed by atoms with Crippen LogP contribution >= 0.6 is 11.3 Å². The fourth-order valence-electron chi connectivity index (χ4n) is 1.66. The predicted octanol–water partition coefficient (Wildman–Crippen LogP) is 1.57. The van der Waals surface area contributed by atoms with Crippen molar-refractivity contribution in [3.8, 4) is 0 Å². The quantitative estimate of drug-likeness (QED) is 0.878. The third kappa shape index (κ3) is 3.65. The van der Waals surface area contributed by atoms with Crippen LogP contribution < -0.4 is 4.72 Å². The number of rotatable bonds is 6. The Kier molecular flexibility index (Phi) is 4.56. The Bertz CT molecular complexity index is 642.